The molecule has 8 heteroatoms. The van der Waals surface area contributed by atoms with E-state index in [1.807, 2.05) is 0 Å². The highest BCUT2D eigenvalue weighted by Crippen LogP contribution is 2.17. The molecule has 1 saturated heterocycles. The van der Waals surface area contributed by atoms with Crippen LogP contribution in [-0.2, 0) is 14.3 Å². The summed E-state index contributed by atoms with van der Waals surface area (Å²) < 4.78 is 4.73. The van der Waals surface area contributed by atoms with Gasteiger partial charge in [0.15, 0.2) is 6.10 Å². The lowest BCUT2D eigenvalue weighted by molar-refractivity contribution is -0.148. The number of nitrogens with zero attached hydrogens (tertiary/aromatic N) is 1. The Morgan fingerprint density at radius 3 is 2.65 bits per heavy atom. The molecule has 0 aromatic carbocycles. The monoisotopic (exact) mass is 287 g/mol. The average molecular weight is 287 g/mol. The molecule has 0 spiro atoms. The van der Waals surface area contributed by atoms with Crippen LogP contribution in [0.25, 0.3) is 0 Å². The quantitative estimate of drug-likeness (QED) is 0.625. The lowest BCUT2D eigenvalue weighted by Crippen LogP contribution is -2.55. The molecular formula is C12H21N3O5. The fourth-order valence-electron chi connectivity index (χ4n) is 2.17. The van der Waals surface area contributed by atoms with E-state index < -0.39 is 24.1 Å². The van der Waals surface area contributed by atoms with Gasteiger partial charge in [-0.05, 0) is 19.3 Å². The summed E-state index contributed by atoms with van der Waals surface area (Å²) in [4.78, 5) is 36.0. The Morgan fingerprint density at radius 2 is 2.10 bits per heavy atom. The molecule has 1 heterocycles. The van der Waals surface area contributed by atoms with Gasteiger partial charge >= 0.3 is 12.0 Å². The molecule has 1 rings (SSSR count). The van der Waals surface area contributed by atoms with E-state index in [9.17, 15) is 14.4 Å². The number of aliphatic carboxylic acids is 1. The van der Waals surface area contributed by atoms with E-state index in [0.29, 0.717) is 13.0 Å². The van der Waals surface area contributed by atoms with Gasteiger partial charge in [0.1, 0.15) is 6.04 Å². The van der Waals surface area contributed by atoms with Crippen LogP contribution >= 0.6 is 0 Å². The van der Waals surface area contributed by atoms with Gasteiger partial charge in [0.2, 0.25) is 5.91 Å². The van der Waals surface area contributed by atoms with Crippen molar-refractivity contribution in [2.24, 2.45) is 0 Å². The van der Waals surface area contributed by atoms with Gasteiger partial charge in [-0.2, -0.15) is 0 Å². The van der Waals surface area contributed by atoms with E-state index in [2.05, 4.69) is 10.6 Å². The van der Waals surface area contributed by atoms with E-state index in [-0.39, 0.29) is 12.5 Å². The molecule has 0 radical (unpaired) electrons. The molecule has 1 aliphatic rings. The summed E-state index contributed by atoms with van der Waals surface area (Å²) in [6.07, 6.45) is 1.23. The van der Waals surface area contributed by atoms with E-state index >= 15 is 0 Å². The summed E-state index contributed by atoms with van der Waals surface area (Å²) in [6, 6.07) is -0.943. The average Bonchev–Trinajstić information content (AvgIpc) is 2.46. The number of nitrogens with one attached hydrogen (secondary N) is 2. The third kappa shape index (κ3) is 4.09. The minimum Gasteiger partial charge on any atom is -0.479 e. The molecular weight excluding hydrogens is 266 g/mol. The zero-order chi connectivity index (χ0) is 15.1. The summed E-state index contributed by atoms with van der Waals surface area (Å²) in [5, 5.41) is 13.8. The summed E-state index contributed by atoms with van der Waals surface area (Å²) in [6.45, 7) is 0.344. The first-order valence-electron chi connectivity index (χ1n) is 6.53. The van der Waals surface area contributed by atoms with Gasteiger partial charge in [0, 0.05) is 20.7 Å². The summed E-state index contributed by atoms with van der Waals surface area (Å²) in [5.41, 5.74) is 0. The van der Waals surface area contributed by atoms with Gasteiger partial charge < -0.3 is 25.4 Å². The largest absolute Gasteiger partial charge is 0.479 e. The van der Waals surface area contributed by atoms with Crippen LogP contribution in [0.15, 0.2) is 0 Å². The van der Waals surface area contributed by atoms with Gasteiger partial charge in [-0.25, -0.2) is 9.59 Å². The van der Waals surface area contributed by atoms with Crippen molar-refractivity contribution in [1.29, 1.82) is 0 Å². The molecule has 0 bridgehead atoms. The van der Waals surface area contributed by atoms with Crippen molar-refractivity contribution >= 4 is 17.9 Å². The number of urea groups is 1. The number of piperidine rings is 1. The van der Waals surface area contributed by atoms with Crippen molar-refractivity contribution in [3.8, 4) is 0 Å². The number of carboxylic acids is 1. The summed E-state index contributed by atoms with van der Waals surface area (Å²) in [5.74, 6) is -1.35. The molecule has 2 atom stereocenters. The van der Waals surface area contributed by atoms with Crippen LogP contribution in [0.3, 0.4) is 0 Å². The maximum atomic E-state index is 12.1. The minimum atomic E-state index is -1.14. The molecule has 3 amide bonds. The molecule has 0 aromatic heterocycles. The maximum absolute atomic E-state index is 12.1. The fourth-order valence-corrected chi connectivity index (χ4v) is 2.17. The Kier molecular flexibility index (Phi) is 6.23. The Balaban J connectivity index is 2.59. The van der Waals surface area contributed by atoms with Crippen LogP contribution in [0.4, 0.5) is 4.79 Å². The number of hydrogen-bond acceptors (Lipinski definition) is 4. The minimum absolute atomic E-state index is 0.137. The maximum Gasteiger partial charge on any atom is 0.334 e. The normalized spacial score (nSPS) is 20.1. The zero-order valence-corrected chi connectivity index (χ0v) is 11.7. The Morgan fingerprint density at radius 1 is 1.40 bits per heavy atom. The number of hydrogen-bond donors (Lipinski definition) is 3. The van der Waals surface area contributed by atoms with E-state index in [0.717, 1.165) is 12.8 Å². The summed E-state index contributed by atoms with van der Waals surface area (Å²) >= 11 is 0. The van der Waals surface area contributed by atoms with Crippen molar-refractivity contribution in [2.45, 2.75) is 31.4 Å². The van der Waals surface area contributed by atoms with Gasteiger partial charge in [-0.3, -0.25) is 4.79 Å². The lowest BCUT2D eigenvalue weighted by atomic mass is 10.0. The molecule has 0 saturated carbocycles. The highest BCUT2D eigenvalue weighted by molar-refractivity contribution is 5.87. The van der Waals surface area contributed by atoms with E-state index in [1.54, 1.807) is 0 Å². The van der Waals surface area contributed by atoms with Crippen molar-refractivity contribution in [2.75, 3.05) is 27.2 Å². The van der Waals surface area contributed by atoms with Gasteiger partial charge in [-0.15, -0.1) is 0 Å². The third-order valence-corrected chi connectivity index (χ3v) is 3.31. The van der Waals surface area contributed by atoms with Crippen LogP contribution < -0.4 is 10.6 Å². The molecule has 1 fully saturated rings. The predicted molar refractivity (Wildman–Crippen MR) is 70.2 cm³/mol. The molecule has 0 aromatic rings. The van der Waals surface area contributed by atoms with Crippen LogP contribution in [0, 0.1) is 0 Å². The first-order valence-corrected chi connectivity index (χ1v) is 6.53. The van der Waals surface area contributed by atoms with Crippen molar-refractivity contribution in [3.05, 3.63) is 0 Å². The van der Waals surface area contributed by atoms with Crippen molar-refractivity contribution in [1.82, 2.24) is 15.5 Å². The second-order valence-corrected chi connectivity index (χ2v) is 4.57. The second-order valence-electron chi connectivity index (χ2n) is 4.57. The Hall–Kier alpha value is -1.83. The van der Waals surface area contributed by atoms with Crippen LogP contribution in [-0.4, -0.2) is 67.3 Å². The first kappa shape index (κ1) is 16.2. The number of carbonyl (C=O) groups is 3. The molecule has 3 N–H and O–H groups in total. The Bertz CT molecular complexity index is 374. The third-order valence-electron chi connectivity index (χ3n) is 3.31. The lowest BCUT2D eigenvalue weighted by Gasteiger charge is -2.34. The van der Waals surface area contributed by atoms with Crippen LogP contribution in [0.5, 0.6) is 0 Å². The smallest absolute Gasteiger partial charge is 0.334 e. The molecule has 1 aliphatic heterocycles. The molecule has 8 nitrogen and oxygen atoms in total. The number of ether oxygens (including phenoxy) is 1. The molecule has 0 aliphatic carbocycles. The van der Waals surface area contributed by atoms with Crippen molar-refractivity contribution in [3.63, 3.8) is 0 Å². The topological polar surface area (TPSA) is 108 Å². The van der Waals surface area contributed by atoms with Gasteiger partial charge in [-0.1, -0.05) is 0 Å². The number of likely N-dealkylation sites (tertiary alicyclic amines) is 1. The number of carboxylic acid groups (broad SMARTS) is 1. The SMILES string of the molecule is CNC(=O)C1CCCCN1C(=O)NCC(OC)C(=O)O. The van der Waals surface area contributed by atoms with Crippen molar-refractivity contribution < 1.29 is 24.2 Å². The fraction of sp³-hybridized carbons (Fsp3) is 0.750. The highest BCUT2D eigenvalue weighted by Gasteiger charge is 2.32. The molecule has 2 unspecified atom stereocenters. The van der Waals surface area contributed by atoms with Crippen LogP contribution in [0.1, 0.15) is 19.3 Å². The standard InChI is InChI=1S/C12H21N3O5/c1-13-10(16)8-5-3-4-6-15(8)12(19)14-7-9(20-2)11(17)18/h8-9H,3-7H2,1-2H3,(H,13,16)(H,14,19)(H,17,18). The first-order chi connectivity index (χ1) is 9.51. The number of carbonyl (C=O) groups excluding carboxylic acids is 2. The number of likely N-dealkylation sites (N-methyl/N-ethyl adjacent to an activating group) is 1. The van der Waals surface area contributed by atoms with Gasteiger partial charge in [0.25, 0.3) is 0 Å². The number of methoxy groups -OCH3 is 1. The van der Waals surface area contributed by atoms with Crippen LogP contribution in [0.2, 0.25) is 0 Å². The van der Waals surface area contributed by atoms with E-state index in [4.69, 9.17) is 9.84 Å². The number of amides is 3. The Labute approximate surface area is 117 Å². The van der Waals surface area contributed by atoms with E-state index in [1.165, 1.54) is 19.1 Å². The highest BCUT2D eigenvalue weighted by atomic mass is 16.5. The zero-order valence-electron chi connectivity index (χ0n) is 11.7. The summed E-state index contributed by atoms with van der Waals surface area (Å²) in [7, 11) is 2.79. The number of rotatable bonds is 5. The molecule has 114 valence electrons. The predicted octanol–water partition coefficient (Wildman–Crippen LogP) is -0.604. The second kappa shape index (κ2) is 7.68. The van der Waals surface area contributed by atoms with Gasteiger partial charge in [0.05, 0.1) is 6.54 Å². The molecule has 20 heavy (non-hydrogen) atoms.